The van der Waals surface area contributed by atoms with E-state index in [9.17, 15) is 9.59 Å². The van der Waals surface area contributed by atoms with Gasteiger partial charge in [0.25, 0.3) is 0 Å². The fraction of sp³-hybridized carbons (Fsp3) is 0.875. The molecule has 1 saturated carbocycles. The number of amides is 2. The number of carbonyl (C=O) groups is 2. The zero-order chi connectivity index (χ0) is 14.8. The Hall–Kier alpha value is -1.10. The normalized spacial score (nSPS) is 46.7. The molecule has 3 unspecified atom stereocenters. The monoisotopic (exact) mass is 291 g/mol. The molecule has 2 bridgehead atoms. The van der Waals surface area contributed by atoms with E-state index in [-0.39, 0.29) is 23.9 Å². The molecule has 3 atom stereocenters. The van der Waals surface area contributed by atoms with Crippen molar-refractivity contribution < 1.29 is 9.59 Å². The summed E-state index contributed by atoms with van der Waals surface area (Å²) in [6.07, 6.45) is 4.46. The molecule has 0 aromatic rings. The topological polar surface area (TPSA) is 52.7 Å². The standard InChI is InChI=1S/C16H25N3O2/c1-10-14(20)17-16(2,12-3-4-12)15(21)19(10)13-9-18-7-5-11(13)6-8-18/h10-13H,3-9H2,1-2H3,(H,17,20). The van der Waals surface area contributed by atoms with E-state index in [1.807, 2.05) is 18.7 Å². The number of carbonyl (C=O) groups excluding carboxylic acids is 2. The molecule has 1 aliphatic carbocycles. The summed E-state index contributed by atoms with van der Waals surface area (Å²) in [5.41, 5.74) is -0.657. The first-order valence-electron chi connectivity index (χ1n) is 8.38. The van der Waals surface area contributed by atoms with E-state index in [1.54, 1.807) is 0 Å². The van der Waals surface area contributed by atoms with Crippen LogP contribution in [0.3, 0.4) is 0 Å². The minimum absolute atomic E-state index is 0.0282. The summed E-state index contributed by atoms with van der Waals surface area (Å²) in [5.74, 6) is 1.11. The van der Waals surface area contributed by atoms with Crippen LogP contribution in [0.15, 0.2) is 0 Å². The van der Waals surface area contributed by atoms with Crippen LogP contribution in [0.25, 0.3) is 0 Å². The van der Waals surface area contributed by atoms with Crippen molar-refractivity contribution in [1.82, 2.24) is 15.1 Å². The van der Waals surface area contributed by atoms with Crippen LogP contribution in [0.1, 0.15) is 39.5 Å². The van der Waals surface area contributed by atoms with E-state index >= 15 is 0 Å². The minimum Gasteiger partial charge on any atom is -0.340 e. The lowest BCUT2D eigenvalue weighted by Gasteiger charge is -2.54. The maximum atomic E-state index is 13.2. The van der Waals surface area contributed by atoms with Crippen LogP contribution >= 0.6 is 0 Å². The lowest BCUT2D eigenvalue weighted by atomic mass is 9.80. The predicted molar refractivity (Wildman–Crippen MR) is 78.5 cm³/mol. The molecule has 5 heteroatoms. The highest BCUT2D eigenvalue weighted by atomic mass is 16.2. The average molecular weight is 291 g/mol. The van der Waals surface area contributed by atoms with Crippen LogP contribution < -0.4 is 5.32 Å². The van der Waals surface area contributed by atoms with Crippen LogP contribution in [0.2, 0.25) is 0 Å². The van der Waals surface area contributed by atoms with Gasteiger partial charge in [-0.05, 0) is 64.5 Å². The predicted octanol–water partition coefficient (Wildman–Crippen LogP) is 0.596. The summed E-state index contributed by atoms with van der Waals surface area (Å²) in [7, 11) is 0. The minimum atomic E-state index is -0.657. The van der Waals surface area contributed by atoms with Gasteiger partial charge < -0.3 is 15.1 Å². The Balaban J connectivity index is 1.65. The first-order valence-corrected chi connectivity index (χ1v) is 8.38. The molecular weight excluding hydrogens is 266 g/mol. The van der Waals surface area contributed by atoms with Crippen molar-refractivity contribution in [3.63, 3.8) is 0 Å². The number of piperazine rings is 1. The van der Waals surface area contributed by atoms with Crippen molar-refractivity contribution in [3.05, 3.63) is 0 Å². The van der Waals surface area contributed by atoms with E-state index in [2.05, 4.69) is 10.2 Å². The van der Waals surface area contributed by atoms with Crippen molar-refractivity contribution in [2.24, 2.45) is 11.8 Å². The Morgan fingerprint density at radius 3 is 2.33 bits per heavy atom. The highest BCUT2D eigenvalue weighted by molar-refractivity contribution is 6.00. The second-order valence-corrected chi connectivity index (χ2v) is 7.56. The van der Waals surface area contributed by atoms with Gasteiger partial charge in [-0.25, -0.2) is 0 Å². The third-order valence-corrected chi connectivity index (χ3v) is 6.23. The second-order valence-electron chi connectivity index (χ2n) is 7.56. The Kier molecular flexibility index (Phi) is 2.87. The molecule has 21 heavy (non-hydrogen) atoms. The molecular formula is C16H25N3O2. The van der Waals surface area contributed by atoms with E-state index in [1.165, 1.54) is 12.8 Å². The van der Waals surface area contributed by atoms with Gasteiger partial charge in [0, 0.05) is 12.6 Å². The third kappa shape index (κ3) is 1.93. The number of nitrogens with one attached hydrogen (secondary N) is 1. The number of nitrogens with zero attached hydrogens (tertiary/aromatic N) is 2. The van der Waals surface area contributed by atoms with Crippen LogP contribution in [0.5, 0.6) is 0 Å². The zero-order valence-corrected chi connectivity index (χ0v) is 13.0. The van der Waals surface area contributed by atoms with Gasteiger partial charge in [0.2, 0.25) is 11.8 Å². The zero-order valence-electron chi connectivity index (χ0n) is 13.0. The molecule has 1 N–H and O–H groups in total. The second kappa shape index (κ2) is 4.45. The van der Waals surface area contributed by atoms with Crippen LogP contribution in [-0.4, -0.2) is 58.9 Å². The van der Waals surface area contributed by atoms with E-state index in [4.69, 9.17) is 0 Å². The molecule has 4 aliphatic heterocycles. The van der Waals surface area contributed by atoms with Gasteiger partial charge in [-0.15, -0.1) is 0 Å². The SMILES string of the molecule is CC1C(=O)NC(C)(C2CC2)C(=O)N1C1CN2CCC1CC2. The largest absolute Gasteiger partial charge is 0.340 e. The number of fused-ring (bicyclic) bond motifs is 3. The van der Waals surface area contributed by atoms with Crippen molar-refractivity contribution >= 4 is 11.8 Å². The van der Waals surface area contributed by atoms with Crippen molar-refractivity contribution in [2.75, 3.05) is 19.6 Å². The molecule has 4 saturated heterocycles. The Labute approximate surface area is 126 Å². The van der Waals surface area contributed by atoms with Gasteiger partial charge in [-0.3, -0.25) is 9.59 Å². The first-order chi connectivity index (χ1) is 10.0. The third-order valence-electron chi connectivity index (χ3n) is 6.23. The van der Waals surface area contributed by atoms with Gasteiger partial charge in [0.15, 0.2) is 0 Å². The van der Waals surface area contributed by atoms with Gasteiger partial charge >= 0.3 is 0 Å². The fourth-order valence-electron chi connectivity index (χ4n) is 4.61. The van der Waals surface area contributed by atoms with Gasteiger partial charge in [-0.2, -0.15) is 0 Å². The summed E-state index contributed by atoms with van der Waals surface area (Å²) in [5, 5.41) is 3.02. The summed E-state index contributed by atoms with van der Waals surface area (Å²) in [4.78, 5) is 30.0. The molecule has 0 radical (unpaired) electrons. The quantitative estimate of drug-likeness (QED) is 0.810. The average Bonchev–Trinajstić information content (AvgIpc) is 3.32. The maximum Gasteiger partial charge on any atom is 0.249 e. The molecule has 4 heterocycles. The molecule has 0 aromatic carbocycles. The van der Waals surface area contributed by atoms with Gasteiger partial charge in [-0.1, -0.05) is 0 Å². The smallest absolute Gasteiger partial charge is 0.249 e. The van der Waals surface area contributed by atoms with E-state index in [0.717, 1.165) is 32.5 Å². The number of hydrogen-bond donors (Lipinski definition) is 1. The van der Waals surface area contributed by atoms with E-state index < -0.39 is 5.54 Å². The highest BCUT2D eigenvalue weighted by Gasteiger charge is 2.57. The lowest BCUT2D eigenvalue weighted by molar-refractivity contribution is -0.162. The van der Waals surface area contributed by atoms with E-state index in [0.29, 0.717) is 11.8 Å². The molecule has 0 aromatic heterocycles. The molecule has 5 fully saturated rings. The Morgan fingerprint density at radius 1 is 1.14 bits per heavy atom. The Morgan fingerprint density at radius 2 is 1.81 bits per heavy atom. The highest BCUT2D eigenvalue weighted by Crippen LogP contribution is 2.44. The van der Waals surface area contributed by atoms with Crippen molar-refractivity contribution in [1.29, 1.82) is 0 Å². The maximum absolute atomic E-state index is 13.2. The molecule has 5 nitrogen and oxygen atoms in total. The molecule has 116 valence electrons. The van der Waals surface area contributed by atoms with Crippen LogP contribution in [-0.2, 0) is 9.59 Å². The number of hydrogen-bond acceptors (Lipinski definition) is 3. The van der Waals surface area contributed by atoms with Crippen LogP contribution in [0.4, 0.5) is 0 Å². The Bertz CT molecular complexity index is 482. The molecule has 2 amide bonds. The fourth-order valence-corrected chi connectivity index (χ4v) is 4.61. The van der Waals surface area contributed by atoms with Crippen molar-refractivity contribution in [2.45, 2.75) is 57.2 Å². The van der Waals surface area contributed by atoms with Gasteiger partial charge in [0.05, 0.1) is 0 Å². The summed E-state index contributed by atoms with van der Waals surface area (Å²) < 4.78 is 0. The summed E-state index contributed by atoms with van der Waals surface area (Å²) in [6, 6.07) is -0.0889. The van der Waals surface area contributed by atoms with Gasteiger partial charge in [0.1, 0.15) is 11.6 Å². The van der Waals surface area contributed by atoms with Crippen molar-refractivity contribution in [3.8, 4) is 0 Å². The first kappa shape index (κ1) is 13.6. The van der Waals surface area contributed by atoms with Crippen LogP contribution in [0, 0.1) is 11.8 Å². The lowest BCUT2D eigenvalue weighted by Crippen LogP contribution is -2.74. The molecule has 5 aliphatic rings. The summed E-state index contributed by atoms with van der Waals surface area (Å²) in [6.45, 7) is 7.09. The number of rotatable bonds is 2. The summed E-state index contributed by atoms with van der Waals surface area (Å²) >= 11 is 0. The molecule has 5 rings (SSSR count). The molecule has 0 spiro atoms. The number of piperidine rings is 3.